The Morgan fingerprint density at radius 1 is 1.07 bits per heavy atom. The van der Waals surface area contributed by atoms with Gasteiger partial charge < -0.3 is 0 Å². The molecule has 0 radical (unpaired) electrons. The van der Waals surface area contributed by atoms with Gasteiger partial charge in [-0.1, -0.05) is 24.3 Å². The molecule has 0 heterocycles. The summed E-state index contributed by atoms with van der Waals surface area (Å²) in [6.07, 6.45) is 1.79. The Bertz CT molecular complexity index is 491. The number of halogens is 1. The van der Waals surface area contributed by atoms with Crippen LogP contribution in [0.15, 0.2) is 33.7 Å². The van der Waals surface area contributed by atoms with E-state index in [-0.39, 0.29) is 11.6 Å². The maximum absolute atomic E-state index is 11.9. The van der Waals surface area contributed by atoms with Crippen LogP contribution in [0.25, 0.3) is 0 Å². The number of fused-ring (bicyclic) bond motifs is 1. The standard InChI is InChI=1S/C11H7BrO2S/c1-15-11-8(12)9(13)6-4-2-3-5-7(6)10(11)14/h2-5H,1H3. The van der Waals surface area contributed by atoms with E-state index in [1.54, 1.807) is 30.5 Å². The van der Waals surface area contributed by atoms with Crippen LogP contribution in [0, 0.1) is 0 Å². The molecule has 76 valence electrons. The Labute approximate surface area is 99.9 Å². The van der Waals surface area contributed by atoms with Gasteiger partial charge in [0.05, 0.1) is 9.39 Å². The number of Topliss-reactive ketones (excluding diaryl/α,β-unsaturated/α-hetero) is 2. The zero-order chi connectivity index (χ0) is 11.0. The van der Waals surface area contributed by atoms with Gasteiger partial charge in [0.25, 0.3) is 0 Å². The maximum atomic E-state index is 11.9. The van der Waals surface area contributed by atoms with Gasteiger partial charge in [0.2, 0.25) is 11.6 Å². The van der Waals surface area contributed by atoms with Crippen LogP contribution < -0.4 is 0 Å². The molecule has 0 fully saturated rings. The quantitative estimate of drug-likeness (QED) is 0.794. The Kier molecular flexibility index (Phi) is 2.80. The van der Waals surface area contributed by atoms with Crippen LogP contribution >= 0.6 is 27.7 Å². The number of thioether (sulfide) groups is 1. The van der Waals surface area contributed by atoms with Crippen molar-refractivity contribution in [1.29, 1.82) is 0 Å². The largest absolute Gasteiger partial charge is 0.288 e. The molecule has 15 heavy (non-hydrogen) atoms. The third-order valence-corrected chi connectivity index (χ3v) is 4.04. The highest BCUT2D eigenvalue weighted by molar-refractivity contribution is 9.12. The summed E-state index contributed by atoms with van der Waals surface area (Å²) in [4.78, 5) is 24.3. The fraction of sp³-hybridized carbons (Fsp3) is 0.0909. The molecule has 0 unspecified atom stereocenters. The Balaban J connectivity index is 2.68. The van der Waals surface area contributed by atoms with E-state index in [1.165, 1.54) is 11.8 Å². The van der Waals surface area contributed by atoms with E-state index < -0.39 is 0 Å². The van der Waals surface area contributed by atoms with Crippen molar-refractivity contribution in [3.05, 3.63) is 44.8 Å². The van der Waals surface area contributed by atoms with E-state index >= 15 is 0 Å². The molecule has 2 nitrogen and oxygen atoms in total. The fourth-order valence-corrected chi connectivity index (χ4v) is 2.95. The second-order valence-electron chi connectivity index (χ2n) is 3.05. The number of carbonyl (C=O) groups is 2. The Morgan fingerprint density at radius 3 is 2.13 bits per heavy atom. The molecule has 0 saturated carbocycles. The van der Waals surface area contributed by atoms with Crippen molar-refractivity contribution in [3.8, 4) is 0 Å². The number of benzene rings is 1. The second kappa shape index (κ2) is 3.94. The lowest BCUT2D eigenvalue weighted by Gasteiger charge is -2.15. The highest BCUT2D eigenvalue weighted by Crippen LogP contribution is 2.34. The monoisotopic (exact) mass is 282 g/mol. The molecule has 0 N–H and O–H groups in total. The van der Waals surface area contributed by atoms with E-state index in [1.807, 2.05) is 0 Å². The average Bonchev–Trinajstić information content (AvgIpc) is 2.27. The van der Waals surface area contributed by atoms with Gasteiger partial charge in [0.1, 0.15) is 0 Å². The van der Waals surface area contributed by atoms with E-state index in [0.29, 0.717) is 20.5 Å². The van der Waals surface area contributed by atoms with Crippen molar-refractivity contribution in [2.24, 2.45) is 0 Å². The summed E-state index contributed by atoms with van der Waals surface area (Å²) in [5.41, 5.74) is 0.974. The zero-order valence-electron chi connectivity index (χ0n) is 7.91. The van der Waals surface area contributed by atoms with E-state index in [0.717, 1.165) is 0 Å². The van der Waals surface area contributed by atoms with Crippen LogP contribution in [0.5, 0.6) is 0 Å². The first-order valence-electron chi connectivity index (χ1n) is 4.29. The summed E-state index contributed by atoms with van der Waals surface area (Å²) in [6, 6.07) is 6.88. The number of hydrogen-bond donors (Lipinski definition) is 0. The predicted molar refractivity (Wildman–Crippen MR) is 64.6 cm³/mol. The normalized spacial score (nSPS) is 15.6. The molecule has 0 amide bonds. The maximum Gasteiger partial charge on any atom is 0.201 e. The molecule has 0 aliphatic heterocycles. The molecule has 0 spiro atoms. The third kappa shape index (κ3) is 1.58. The summed E-state index contributed by atoms with van der Waals surface area (Å²) < 4.78 is 0.374. The highest BCUT2D eigenvalue weighted by Gasteiger charge is 2.29. The summed E-state index contributed by atoms with van der Waals surface area (Å²) in [5, 5.41) is 0. The van der Waals surface area contributed by atoms with Crippen LogP contribution in [-0.2, 0) is 0 Å². The molecule has 0 saturated heterocycles. The first-order chi connectivity index (χ1) is 7.16. The molecule has 1 aliphatic carbocycles. The molecule has 0 bridgehead atoms. The van der Waals surface area contributed by atoms with Crippen LogP contribution in [0.1, 0.15) is 20.7 Å². The van der Waals surface area contributed by atoms with Crippen molar-refractivity contribution < 1.29 is 9.59 Å². The lowest BCUT2D eigenvalue weighted by atomic mass is 9.95. The van der Waals surface area contributed by atoms with Crippen molar-refractivity contribution in [2.75, 3.05) is 6.26 Å². The zero-order valence-corrected chi connectivity index (χ0v) is 10.3. The number of ketones is 2. The van der Waals surface area contributed by atoms with Gasteiger partial charge in [-0.2, -0.15) is 0 Å². The lowest BCUT2D eigenvalue weighted by Crippen LogP contribution is -2.17. The number of hydrogen-bond acceptors (Lipinski definition) is 3. The molecule has 1 aromatic rings. The lowest BCUT2D eigenvalue weighted by molar-refractivity contribution is 0.0989. The van der Waals surface area contributed by atoms with Gasteiger partial charge in [-0.25, -0.2) is 0 Å². The van der Waals surface area contributed by atoms with Gasteiger partial charge in [0, 0.05) is 11.1 Å². The van der Waals surface area contributed by atoms with Gasteiger partial charge in [-0.05, 0) is 22.2 Å². The van der Waals surface area contributed by atoms with E-state index in [9.17, 15) is 9.59 Å². The first-order valence-corrected chi connectivity index (χ1v) is 6.30. The molecule has 0 atom stereocenters. The number of allylic oxidation sites excluding steroid dienone is 2. The van der Waals surface area contributed by atoms with Crippen LogP contribution in [0.2, 0.25) is 0 Å². The second-order valence-corrected chi connectivity index (χ2v) is 4.66. The van der Waals surface area contributed by atoms with Gasteiger partial charge in [-0.15, -0.1) is 11.8 Å². The number of rotatable bonds is 1. The van der Waals surface area contributed by atoms with Crippen molar-refractivity contribution in [2.45, 2.75) is 0 Å². The topological polar surface area (TPSA) is 34.1 Å². The Morgan fingerprint density at radius 2 is 1.60 bits per heavy atom. The SMILES string of the molecule is CSC1=C(Br)C(=O)c2ccccc2C1=O. The highest BCUT2D eigenvalue weighted by atomic mass is 79.9. The smallest absolute Gasteiger partial charge is 0.201 e. The van der Waals surface area contributed by atoms with Crippen LogP contribution in [0.4, 0.5) is 0 Å². The van der Waals surface area contributed by atoms with E-state index in [4.69, 9.17) is 0 Å². The summed E-state index contributed by atoms with van der Waals surface area (Å²) in [7, 11) is 0. The average molecular weight is 283 g/mol. The molecule has 2 rings (SSSR count). The van der Waals surface area contributed by atoms with Crippen molar-refractivity contribution in [1.82, 2.24) is 0 Å². The fourth-order valence-electron chi connectivity index (χ4n) is 1.50. The number of carbonyl (C=O) groups excluding carboxylic acids is 2. The summed E-state index contributed by atoms with van der Waals surface area (Å²) in [5.74, 6) is -0.195. The molecule has 0 aromatic heterocycles. The minimum Gasteiger partial charge on any atom is -0.288 e. The molecular formula is C11H7BrO2S. The van der Waals surface area contributed by atoms with Gasteiger partial charge in [-0.3, -0.25) is 9.59 Å². The Hall–Kier alpha value is -0.870. The summed E-state index contributed by atoms with van der Waals surface area (Å²) in [6.45, 7) is 0. The minimum absolute atomic E-state index is 0.0791. The third-order valence-electron chi connectivity index (χ3n) is 2.23. The van der Waals surface area contributed by atoms with E-state index in [2.05, 4.69) is 15.9 Å². The minimum atomic E-state index is -0.116. The predicted octanol–water partition coefficient (Wildman–Crippen LogP) is 3.04. The molecular weight excluding hydrogens is 276 g/mol. The first kappa shape index (κ1) is 10.6. The van der Waals surface area contributed by atoms with Crippen molar-refractivity contribution in [3.63, 3.8) is 0 Å². The van der Waals surface area contributed by atoms with Gasteiger partial charge in [0.15, 0.2) is 0 Å². The van der Waals surface area contributed by atoms with Crippen molar-refractivity contribution >= 4 is 39.3 Å². The van der Waals surface area contributed by atoms with Crippen LogP contribution in [-0.4, -0.2) is 17.8 Å². The summed E-state index contributed by atoms with van der Waals surface area (Å²) >= 11 is 4.47. The molecule has 1 aromatic carbocycles. The molecule has 4 heteroatoms. The molecule has 1 aliphatic rings. The van der Waals surface area contributed by atoms with Crippen LogP contribution in [0.3, 0.4) is 0 Å². The van der Waals surface area contributed by atoms with Gasteiger partial charge >= 0.3 is 0 Å².